The number of carboxylic acid groups (broad SMARTS) is 1. The summed E-state index contributed by atoms with van der Waals surface area (Å²) in [7, 11) is -4.02. The number of benzene rings is 1. The second-order valence-electron chi connectivity index (χ2n) is 4.85. The highest BCUT2D eigenvalue weighted by Crippen LogP contribution is 2.08. The number of hydrogen-bond donors (Lipinski definition) is 2. The average molecular weight is 316 g/mol. The molecule has 0 aliphatic rings. The van der Waals surface area contributed by atoms with E-state index in [9.17, 15) is 13.2 Å². The third-order valence-electron chi connectivity index (χ3n) is 2.81. The summed E-state index contributed by atoms with van der Waals surface area (Å²) < 4.78 is 29.6. The molecule has 1 aromatic carbocycles. The number of unbranched alkanes of at least 4 members (excludes halogenated alkanes) is 4. The van der Waals surface area contributed by atoms with Crippen LogP contribution in [-0.2, 0) is 14.9 Å². The van der Waals surface area contributed by atoms with Crippen molar-refractivity contribution in [1.82, 2.24) is 0 Å². The molecule has 0 aliphatic heterocycles. The van der Waals surface area contributed by atoms with Crippen molar-refractivity contribution in [2.45, 2.75) is 57.3 Å². The molecule has 6 heteroatoms. The van der Waals surface area contributed by atoms with E-state index in [1.165, 1.54) is 31.4 Å². The molecule has 21 heavy (non-hydrogen) atoms. The minimum absolute atomic E-state index is 0.0666. The number of carboxylic acids is 1. The average Bonchev–Trinajstić information content (AvgIpc) is 2.38. The van der Waals surface area contributed by atoms with Gasteiger partial charge in [-0.05, 0) is 25.5 Å². The molecule has 120 valence electrons. The summed E-state index contributed by atoms with van der Waals surface area (Å²) in [5.41, 5.74) is 0.956. The van der Waals surface area contributed by atoms with Crippen LogP contribution in [-0.4, -0.2) is 24.0 Å². The molecule has 0 unspecified atom stereocenters. The number of aryl methyl sites for hydroxylation is 1. The number of carbonyl (C=O) groups is 1. The number of rotatable bonds is 7. The Morgan fingerprint density at radius 2 is 1.57 bits per heavy atom. The lowest BCUT2D eigenvalue weighted by atomic mass is 10.1. The summed E-state index contributed by atoms with van der Waals surface area (Å²) >= 11 is 0. The third kappa shape index (κ3) is 11.0. The van der Waals surface area contributed by atoms with Crippen LogP contribution in [0.25, 0.3) is 0 Å². The van der Waals surface area contributed by atoms with E-state index in [1.54, 1.807) is 12.1 Å². The summed E-state index contributed by atoms with van der Waals surface area (Å²) in [4.78, 5) is 9.97. The molecule has 5 nitrogen and oxygen atoms in total. The number of aliphatic carboxylic acids is 1. The molecule has 0 radical (unpaired) electrons. The zero-order valence-electron chi connectivity index (χ0n) is 12.6. The molecule has 0 aromatic heterocycles. The van der Waals surface area contributed by atoms with Crippen LogP contribution in [0.5, 0.6) is 0 Å². The van der Waals surface area contributed by atoms with Crippen molar-refractivity contribution in [2.24, 2.45) is 0 Å². The predicted molar refractivity (Wildman–Crippen MR) is 82.0 cm³/mol. The van der Waals surface area contributed by atoms with E-state index in [1.807, 2.05) is 6.92 Å². The van der Waals surface area contributed by atoms with Gasteiger partial charge in [0.2, 0.25) is 0 Å². The van der Waals surface area contributed by atoms with Gasteiger partial charge < -0.3 is 5.11 Å². The number of hydrogen-bond acceptors (Lipinski definition) is 3. The molecule has 2 N–H and O–H groups in total. The first kappa shape index (κ1) is 19.6. The minimum Gasteiger partial charge on any atom is -0.481 e. The van der Waals surface area contributed by atoms with Crippen molar-refractivity contribution in [3.8, 4) is 0 Å². The van der Waals surface area contributed by atoms with Crippen molar-refractivity contribution in [3.63, 3.8) is 0 Å². The molecule has 0 spiro atoms. The van der Waals surface area contributed by atoms with Crippen LogP contribution in [0.15, 0.2) is 29.2 Å². The van der Waals surface area contributed by atoms with Gasteiger partial charge in [-0.15, -0.1) is 0 Å². The molecular formula is C15H24O5S. The molecule has 0 amide bonds. The Labute approximate surface area is 126 Å². The van der Waals surface area contributed by atoms with E-state index in [-0.39, 0.29) is 4.90 Å². The van der Waals surface area contributed by atoms with Gasteiger partial charge in [-0.2, -0.15) is 8.42 Å². The predicted octanol–water partition coefficient (Wildman–Crippen LogP) is 3.67. The third-order valence-corrected chi connectivity index (χ3v) is 3.68. The minimum atomic E-state index is -4.02. The van der Waals surface area contributed by atoms with Gasteiger partial charge in [-0.25, -0.2) is 0 Å². The topological polar surface area (TPSA) is 91.7 Å². The van der Waals surface area contributed by atoms with Gasteiger partial charge in [-0.1, -0.05) is 50.3 Å². The smallest absolute Gasteiger partial charge is 0.303 e. The second-order valence-corrected chi connectivity index (χ2v) is 6.27. The highest BCUT2D eigenvalue weighted by Gasteiger charge is 2.06. The molecule has 0 fully saturated rings. The monoisotopic (exact) mass is 316 g/mol. The van der Waals surface area contributed by atoms with Gasteiger partial charge in [0.15, 0.2) is 0 Å². The Kier molecular flexibility index (Phi) is 9.65. The summed E-state index contributed by atoms with van der Waals surface area (Å²) in [5.74, 6) is -0.670. The zero-order chi connectivity index (χ0) is 16.3. The molecule has 0 heterocycles. The van der Waals surface area contributed by atoms with Crippen LogP contribution in [0.3, 0.4) is 0 Å². The lowest BCUT2D eigenvalue weighted by molar-refractivity contribution is -0.137. The Hall–Kier alpha value is -1.40. The lowest BCUT2D eigenvalue weighted by Crippen LogP contribution is -1.96. The standard InChI is InChI=1S/C8H16O2.C7H8O3S/c1-2-3-4-5-6-7-8(9)10;1-6-2-4-7(5-3-6)11(8,9)10/h2-7H2,1H3,(H,9,10);2-5H,1H3,(H,8,9,10). The fourth-order valence-corrected chi connectivity index (χ4v) is 2.07. The summed E-state index contributed by atoms with van der Waals surface area (Å²) in [6.45, 7) is 3.99. The lowest BCUT2D eigenvalue weighted by Gasteiger charge is -1.95. The van der Waals surface area contributed by atoms with Crippen LogP contribution in [0.2, 0.25) is 0 Å². The largest absolute Gasteiger partial charge is 0.481 e. The van der Waals surface area contributed by atoms with Crippen LogP contribution in [0, 0.1) is 6.92 Å². The van der Waals surface area contributed by atoms with E-state index < -0.39 is 16.1 Å². The summed E-state index contributed by atoms with van der Waals surface area (Å²) in [6.07, 6.45) is 5.88. The highest BCUT2D eigenvalue weighted by molar-refractivity contribution is 7.85. The van der Waals surface area contributed by atoms with Crippen molar-refractivity contribution >= 4 is 16.1 Å². The first-order valence-corrected chi connectivity index (χ1v) is 8.47. The van der Waals surface area contributed by atoms with E-state index in [2.05, 4.69) is 6.92 Å². The second kappa shape index (κ2) is 10.3. The van der Waals surface area contributed by atoms with Gasteiger partial charge in [0.25, 0.3) is 10.1 Å². The normalized spacial score (nSPS) is 10.6. The Bertz CT molecular complexity index is 505. The Morgan fingerprint density at radius 3 is 2.00 bits per heavy atom. The Morgan fingerprint density at radius 1 is 1.05 bits per heavy atom. The van der Waals surface area contributed by atoms with Crippen molar-refractivity contribution in [2.75, 3.05) is 0 Å². The summed E-state index contributed by atoms with van der Waals surface area (Å²) in [5, 5.41) is 8.27. The molecule has 0 saturated carbocycles. The molecule has 0 bridgehead atoms. The molecule has 0 saturated heterocycles. The van der Waals surface area contributed by atoms with Crippen LogP contribution < -0.4 is 0 Å². The van der Waals surface area contributed by atoms with Crippen molar-refractivity contribution in [3.05, 3.63) is 29.8 Å². The fourth-order valence-electron chi connectivity index (χ4n) is 1.59. The molecule has 1 aromatic rings. The Balaban J connectivity index is 0.000000384. The molecule has 1 rings (SSSR count). The van der Waals surface area contributed by atoms with Gasteiger partial charge in [0.05, 0.1) is 4.90 Å². The molecule has 0 atom stereocenters. The van der Waals surface area contributed by atoms with E-state index >= 15 is 0 Å². The maximum absolute atomic E-state index is 10.5. The van der Waals surface area contributed by atoms with Crippen molar-refractivity contribution in [1.29, 1.82) is 0 Å². The van der Waals surface area contributed by atoms with E-state index in [4.69, 9.17) is 9.66 Å². The van der Waals surface area contributed by atoms with Crippen molar-refractivity contribution < 1.29 is 22.9 Å². The SMILES string of the molecule is CCCCCCCC(=O)O.Cc1ccc(S(=O)(=O)O)cc1. The highest BCUT2D eigenvalue weighted by atomic mass is 32.2. The maximum Gasteiger partial charge on any atom is 0.303 e. The van der Waals surface area contributed by atoms with Crippen LogP contribution >= 0.6 is 0 Å². The fraction of sp³-hybridized carbons (Fsp3) is 0.533. The molecule has 0 aliphatic carbocycles. The first-order chi connectivity index (χ1) is 9.77. The zero-order valence-corrected chi connectivity index (χ0v) is 13.4. The van der Waals surface area contributed by atoms with Crippen LogP contribution in [0.1, 0.15) is 51.0 Å². The van der Waals surface area contributed by atoms with Gasteiger partial charge in [-0.3, -0.25) is 9.35 Å². The van der Waals surface area contributed by atoms with Gasteiger partial charge in [0.1, 0.15) is 0 Å². The quantitative estimate of drug-likeness (QED) is 0.591. The first-order valence-electron chi connectivity index (χ1n) is 7.03. The van der Waals surface area contributed by atoms with Gasteiger partial charge >= 0.3 is 5.97 Å². The van der Waals surface area contributed by atoms with Crippen LogP contribution in [0.4, 0.5) is 0 Å². The maximum atomic E-state index is 10.5. The summed E-state index contributed by atoms with van der Waals surface area (Å²) in [6, 6.07) is 5.99. The molecular weight excluding hydrogens is 292 g/mol. The van der Waals surface area contributed by atoms with Gasteiger partial charge in [0, 0.05) is 6.42 Å². The van der Waals surface area contributed by atoms with E-state index in [0.717, 1.165) is 18.4 Å². The van der Waals surface area contributed by atoms with E-state index in [0.29, 0.717) is 6.42 Å².